The number of nitrogens with zero attached hydrogens (tertiary/aromatic N) is 2. The Hall–Kier alpha value is -1.40. The fraction of sp³-hybridized carbons (Fsp3) is 0.750. The molecule has 3 rings (SSSR count). The zero-order chi connectivity index (χ0) is 15.4. The molecule has 1 amide bonds. The molecule has 6 heteroatoms. The van der Waals surface area contributed by atoms with Crippen molar-refractivity contribution in [3.8, 4) is 0 Å². The summed E-state index contributed by atoms with van der Waals surface area (Å²) in [6, 6.07) is 1.75. The summed E-state index contributed by atoms with van der Waals surface area (Å²) in [6.07, 6.45) is 4.49. The van der Waals surface area contributed by atoms with E-state index in [0.717, 1.165) is 38.4 Å². The molecule has 1 aromatic rings. The SMILES string of the molecule is Cc1cc(NC(=O)C2CCN(CC3CCCNC3)CC2)no1. The standard InChI is InChI=1S/C16H26N4O2/c1-12-9-15(19-22-12)18-16(21)14-4-7-20(8-5-14)11-13-3-2-6-17-10-13/h9,13-14,17H,2-8,10-11H2,1H3,(H,18,19,21). The molecule has 2 saturated heterocycles. The molecule has 1 aromatic heterocycles. The van der Waals surface area contributed by atoms with Gasteiger partial charge in [-0.15, -0.1) is 0 Å². The highest BCUT2D eigenvalue weighted by atomic mass is 16.5. The Morgan fingerprint density at radius 1 is 1.45 bits per heavy atom. The maximum absolute atomic E-state index is 12.3. The summed E-state index contributed by atoms with van der Waals surface area (Å²) in [5, 5.41) is 10.1. The lowest BCUT2D eigenvalue weighted by atomic mass is 9.93. The average molecular weight is 306 g/mol. The van der Waals surface area contributed by atoms with Gasteiger partial charge >= 0.3 is 0 Å². The molecule has 2 N–H and O–H groups in total. The molecule has 3 heterocycles. The van der Waals surface area contributed by atoms with Crippen molar-refractivity contribution in [2.24, 2.45) is 11.8 Å². The number of anilines is 1. The highest BCUT2D eigenvalue weighted by molar-refractivity contribution is 5.91. The van der Waals surface area contributed by atoms with E-state index in [1.165, 1.54) is 25.9 Å². The van der Waals surface area contributed by atoms with E-state index in [2.05, 4.69) is 20.7 Å². The fourth-order valence-corrected chi connectivity index (χ4v) is 3.48. The van der Waals surface area contributed by atoms with Crippen LogP contribution in [0.1, 0.15) is 31.4 Å². The Kier molecular flexibility index (Phi) is 5.10. The van der Waals surface area contributed by atoms with E-state index in [4.69, 9.17) is 4.52 Å². The number of carbonyl (C=O) groups excluding carboxylic acids is 1. The molecule has 1 atom stereocenters. The third kappa shape index (κ3) is 4.08. The summed E-state index contributed by atoms with van der Waals surface area (Å²) in [5.41, 5.74) is 0. The van der Waals surface area contributed by atoms with Crippen LogP contribution in [0, 0.1) is 18.8 Å². The third-order valence-corrected chi connectivity index (χ3v) is 4.75. The molecule has 0 radical (unpaired) electrons. The van der Waals surface area contributed by atoms with Gasteiger partial charge in [0.25, 0.3) is 0 Å². The summed E-state index contributed by atoms with van der Waals surface area (Å²) in [6.45, 7) is 7.34. The molecule has 0 aliphatic carbocycles. The van der Waals surface area contributed by atoms with Crippen molar-refractivity contribution in [2.75, 3.05) is 38.0 Å². The molecular weight excluding hydrogens is 280 g/mol. The van der Waals surface area contributed by atoms with E-state index in [1.54, 1.807) is 6.07 Å². The van der Waals surface area contributed by atoms with Gasteiger partial charge < -0.3 is 20.1 Å². The Morgan fingerprint density at radius 2 is 2.27 bits per heavy atom. The molecule has 22 heavy (non-hydrogen) atoms. The highest BCUT2D eigenvalue weighted by Crippen LogP contribution is 2.21. The van der Waals surface area contributed by atoms with Crippen LogP contribution < -0.4 is 10.6 Å². The van der Waals surface area contributed by atoms with Crippen LogP contribution in [-0.4, -0.2) is 48.7 Å². The van der Waals surface area contributed by atoms with E-state index >= 15 is 0 Å². The van der Waals surface area contributed by atoms with Crippen LogP contribution in [0.15, 0.2) is 10.6 Å². The second-order valence-electron chi connectivity index (χ2n) is 6.60. The van der Waals surface area contributed by atoms with Crippen LogP contribution in [0.2, 0.25) is 0 Å². The number of hydrogen-bond acceptors (Lipinski definition) is 5. The Morgan fingerprint density at radius 3 is 2.91 bits per heavy atom. The van der Waals surface area contributed by atoms with Crippen LogP contribution in [0.25, 0.3) is 0 Å². The van der Waals surface area contributed by atoms with Gasteiger partial charge in [0.1, 0.15) is 5.76 Å². The monoisotopic (exact) mass is 306 g/mol. The first-order valence-electron chi connectivity index (χ1n) is 8.38. The fourth-order valence-electron chi connectivity index (χ4n) is 3.48. The largest absolute Gasteiger partial charge is 0.360 e. The first-order chi connectivity index (χ1) is 10.7. The minimum Gasteiger partial charge on any atom is -0.360 e. The van der Waals surface area contributed by atoms with E-state index < -0.39 is 0 Å². The van der Waals surface area contributed by atoms with Crippen molar-refractivity contribution in [1.29, 1.82) is 0 Å². The molecule has 1 unspecified atom stereocenters. The van der Waals surface area contributed by atoms with Gasteiger partial charge in [-0.3, -0.25) is 4.79 Å². The number of likely N-dealkylation sites (tertiary alicyclic amines) is 1. The summed E-state index contributed by atoms with van der Waals surface area (Å²) in [4.78, 5) is 14.8. The van der Waals surface area contributed by atoms with Crippen LogP contribution in [0.3, 0.4) is 0 Å². The number of rotatable bonds is 4. The molecular formula is C16H26N4O2. The average Bonchev–Trinajstić information content (AvgIpc) is 2.94. The lowest BCUT2D eigenvalue weighted by molar-refractivity contribution is -0.121. The van der Waals surface area contributed by atoms with Crippen molar-refractivity contribution >= 4 is 11.7 Å². The smallest absolute Gasteiger partial charge is 0.228 e. The maximum atomic E-state index is 12.3. The zero-order valence-corrected chi connectivity index (χ0v) is 13.3. The van der Waals surface area contributed by atoms with Gasteiger partial charge in [-0.2, -0.15) is 0 Å². The summed E-state index contributed by atoms with van der Waals surface area (Å²) in [7, 11) is 0. The van der Waals surface area contributed by atoms with E-state index in [0.29, 0.717) is 11.6 Å². The molecule has 2 aliphatic rings. The van der Waals surface area contributed by atoms with Gasteiger partial charge in [-0.1, -0.05) is 5.16 Å². The van der Waals surface area contributed by atoms with Gasteiger partial charge in [0.15, 0.2) is 5.82 Å². The maximum Gasteiger partial charge on any atom is 0.228 e. The number of aromatic nitrogens is 1. The molecule has 6 nitrogen and oxygen atoms in total. The quantitative estimate of drug-likeness (QED) is 0.885. The van der Waals surface area contributed by atoms with Crippen LogP contribution >= 0.6 is 0 Å². The predicted molar refractivity (Wildman–Crippen MR) is 84.6 cm³/mol. The van der Waals surface area contributed by atoms with E-state index in [-0.39, 0.29) is 11.8 Å². The summed E-state index contributed by atoms with van der Waals surface area (Å²) in [5.74, 6) is 2.19. The van der Waals surface area contributed by atoms with E-state index in [1.807, 2.05) is 6.92 Å². The molecule has 0 aromatic carbocycles. The Balaban J connectivity index is 1.41. The first kappa shape index (κ1) is 15.5. The molecule has 2 aliphatic heterocycles. The minimum absolute atomic E-state index is 0.0762. The number of aryl methyl sites for hydroxylation is 1. The summed E-state index contributed by atoms with van der Waals surface area (Å²) >= 11 is 0. The van der Waals surface area contributed by atoms with Crippen molar-refractivity contribution in [3.05, 3.63) is 11.8 Å². The second kappa shape index (κ2) is 7.24. The van der Waals surface area contributed by atoms with Crippen molar-refractivity contribution in [1.82, 2.24) is 15.4 Å². The van der Waals surface area contributed by atoms with Crippen molar-refractivity contribution in [2.45, 2.75) is 32.6 Å². The molecule has 0 saturated carbocycles. The second-order valence-corrected chi connectivity index (χ2v) is 6.60. The number of amides is 1. The van der Waals surface area contributed by atoms with Crippen LogP contribution in [0.4, 0.5) is 5.82 Å². The van der Waals surface area contributed by atoms with E-state index in [9.17, 15) is 4.79 Å². The van der Waals surface area contributed by atoms with Crippen LogP contribution in [0.5, 0.6) is 0 Å². The van der Waals surface area contributed by atoms with Gasteiger partial charge in [-0.05, 0) is 64.7 Å². The van der Waals surface area contributed by atoms with Crippen molar-refractivity contribution < 1.29 is 9.32 Å². The van der Waals surface area contributed by atoms with Crippen LogP contribution in [-0.2, 0) is 4.79 Å². The Labute approximate surface area is 131 Å². The normalized spacial score (nSPS) is 24.3. The molecule has 0 spiro atoms. The zero-order valence-electron chi connectivity index (χ0n) is 13.3. The summed E-state index contributed by atoms with van der Waals surface area (Å²) < 4.78 is 4.98. The van der Waals surface area contributed by atoms with Gasteiger partial charge in [0, 0.05) is 18.5 Å². The third-order valence-electron chi connectivity index (χ3n) is 4.75. The van der Waals surface area contributed by atoms with Gasteiger partial charge in [0.2, 0.25) is 5.91 Å². The number of piperidine rings is 2. The number of hydrogen-bond donors (Lipinski definition) is 2. The predicted octanol–water partition coefficient (Wildman–Crippen LogP) is 1.63. The molecule has 122 valence electrons. The Bertz CT molecular complexity index is 488. The number of nitrogens with one attached hydrogen (secondary N) is 2. The lowest BCUT2D eigenvalue weighted by Gasteiger charge is -2.34. The number of carbonyl (C=O) groups is 1. The van der Waals surface area contributed by atoms with Gasteiger partial charge in [0.05, 0.1) is 0 Å². The van der Waals surface area contributed by atoms with Crippen molar-refractivity contribution in [3.63, 3.8) is 0 Å². The molecule has 2 fully saturated rings. The topological polar surface area (TPSA) is 70.4 Å². The van der Waals surface area contributed by atoms with Gasteiger partial charge in [-0.25, -0.2) is 0 Å². The lowest BCUT2D eigenvalue weighted by Crippen LogP contribution is -2.43. The molecule has 0 bridgehead atoms. The minimum atomic E-state index is 0.0762. The first-order valence-corrected chi connectivity index (χ1v) is 8.38. The highest BCUT2D eigenvalue weighted by Gasteiger charge is 2.27.